The van der Waals surface area contributed by atoms with Crippen molar-refractivity contribution >= 4 is 11.6 Å². The van der Waals surface area contributed by atoms with E-state index in [1.807, 2.05) is 20.8 Å². The van der Waals surface area contributed by atoms with Crippen molar-refractivity contribution in [2.45, 2.75) is 44.5 Å². The zero-order valence-corrected chi connectivity index (χ0v) is 17.1. The Labute approximate surface area is 172 Å². The third kappa shape index (κ3) is 3.92. The van der Waals surface area contributed by atoms with Crippen LogP contribution in [0.2, 0.25) is 0 Å². The number of carbonyl (C=O) groups excluding carboxylic acids is 1. The van der Waals surface area contributed by atoms with Gasteiger partial charge in [0.05, 0.1) is 19.2 Å². The Balaban J connectivity index is 1.99. The van der Waals surface area contributed by atoms with Crippen molar-refractivity contribution in [1.29, 1.82) is 0 Å². The summed E-state index contributed by atoms with van der Waals surface area (Å²) in [6.07, 6.45) is -5.96. The number of nitrogens with zero attached hydrogens (tertiary/aromatic N) is 2. The molecule has 1 heterocycles. The molecule has 8 heteroatoms. The molecule has 0 bridgehead atoms. The average Bonchev–Trinajstić information content (AvgIpc) is 3.06. The Morgan fingerprint density at radius 1 is 1.07 bits per heavy atom. The van der Waals surface area contributed by atoms with Crippen molar-refractivity contribution in [3.63, 3.8) is 0 Å². The largest absolute Gasteiger partial charge is 0.497 e. The molecule has 0 fully saturated rings. The van der Waals surface area contributed by atoms with Crippen LogP contribution in [0.3, 0.4) is 0 Å². The molecule has 0 radical (unpaired) electrons. The van der Waals surface area contributed by atoms with Gasteiger partial charge in [0, 0.05) is 5.56 Å². The van der Waals surface area contributed by atoms with Crippen LogP contribution < -0.4 is 4.74 Å². The van der Waals surface area contributed by atoms with Crippen LogP contribution in [0.15, 0.2) is 53.6 Å². The van der Waals surface area contributed by atoms with Crippen molar-refractivity contribution in [2.75, 3.05) is 7.11 Å². The van der Waals surface area contributed by atoms with Crippen LogP contribution in [0.5, 0.6) is 5.75 Å². The zero-order chi connectivity index (χ0) is 22.3. The predicted octanol–water partition coefficient (Wildman–Crippen LogP) is 4.49. The van der Waals surface area contributed by atoms with Gasteiger partial charge in [0.1, 0.15) is 5.75 Å². The van der Waals surface area contributed by atoms with Gasteiger partial charge in [-0.1, -0.05) is 32.9 Å². The first-order chi connectivity index (χ1) is 13.9. The van der Waals surface area contributed by atoms with Gasteiger partial charge >= 0.3 is 6.18 Å². The zero-order valence-electron chi connectivity index (χ0n) is 17.1. The molecule has 1 N–H and O–H groups in total. The maximum atomic E-state index is 13.8. The highest BCUT2D eigenvalue weighted by Crippen LogP contribution is 2.42. The number of hydrazone groups is 1. The summed E-state index contributed by atoms with van der Waals surface area (Å²) in [5, 5.41) is 14.5. The average molecular weight is 420 g/mol. The maximum Gasteiger partial charge on any atom is 0.438 e. The van der Waals surface area contributed by atoms with E-state index in [9.17, 15) is 23.1 Å². The monoisotopic (exact) mass is 420 g/mol. The molecule has 0 saturated heterocycles. The number of alkyl halides is 3. The molecule has 1 atom stereocenters. The molecule has 3 rings (SSSR count). The minimum atomic E-state index is -5.09. The molecular formula is C22H23F3N2O3. The fourth-order valence-electron chi connectivity index (χ4n) is 3.16. The van der Waals surface area contributed by atoms with E-state index in [4.69, 9.17) is 4.74 Å². The molecule has 30 heavy (non-hydrogen) atoms. The lowest BCUT2D eigenvalue weighted by Crippen LogP contribution is -2.56. The van der Waals surface area contributed by atoms with Crippen LogP contribution in [-0.4, -0.2) is 40.7 Å². The van der Waals surface area contributed by atoms with Crippen molar-refractivity contribution in [3.8, 4) is 5.75 Å². The summed E-state index contributed by atoms with van der Waals surface area (Å²) in [5.41, 5.74) is -2.36. The third-order valence-corrected chi connectivity index (χ3v) is 5.05. The Kier molecular flexibility index (Phi) is 5.41. The first-order valence-electron chi connectivity index (χ1n) is 9.33. The second-order valence-corrected chi connectivity index (χ2v) is 8.21. The van der Waals surface area contributed by atoms with Crippen LogP contribution >= 0.6 is 0 Å². The molecule has 0 aliphatic carbocycles. The SMILES string of the molecule is COc1ccc(C2=NN(C(=O)c3ccc(C(C)(C)C)cc3)C(O)(C(F)(F)F)C2)cc1. The molecule has 160 valence electrons. The van der Waals surface area contributed by atoms with Crippen LogP contribution in [0.4, 0.5) is 13.2 Å². The van der Waals surface area contributed by atoms with Crippen LogP contribution in [0.1, 0.15) is 48.7 Å². The Morgan fingerprint density at radius 2 is 1.63 bits per heavy atom. The van der Waals surface area contributed by atoms with Gasteiger partial charge in [-0.2, -0.15) is 23.3 Å². The highest BCUT2D eigenvalue weighted by Gasteiger charge is 2.63. The van der Waals surface area contributed by atoms with E-state index >= 15 is 0 Å². The van der Waals surface area contributed by atoms with Gasteiger partial charge in [0.15, 0.2) is 0 Å². The van der Waals surface area contributed by atoms with E-state index < -0.39 is 24.2 Å². The number of carbonyl (C=O) groups is 1. The number of methoxy groups -OCH3 is 1. The molecule has 2 aromatic rings. The predicted molar refractivity (Wildman–Crippen MR) is 106 cm³/mol. The van der Waals surface area contributed by atoms with E-state index in [2.05, 4.69) is 5.10 Å². The number of ether oxygens (including phenoxy) is 1. The summed E-state index contributed by atoms with van der Waals surface area (Å²) >= 11 is 0. The van der Waals surface area contributed by atoms with Crippen molar-refractivity contribution in [3.05, 3.63) is 65.2 Å². The van der Waals surface area contributed by atoms with E-state index in [1.54, 1.807) is 24.3 Å². The molecule has 0 aromatic heterocycles. The number of amides is 1. The van der Waals surface area contributed by atoms with Gasteiger partial charge in [0.2, 0.25) is 0 Å². The summed E-state index contributed by atoms with van der Waals surface area (Å²) in [7, 11) is 1.47. The summed E-state index contributed by atoms with van der Waals surface area (Å²) in [6, 6.07) is 12.5. The maximum absolute atomic E-state index is 13.8. The number of hydrogen-bond acceptors (Lipinski definition) is 4. The standard InChI is InChI=1S/C22H23F3N2O3/c1-20(2,3)16-9-5-15(6-10-16)19(28)27-21(29,22(23,24)25)13-18(26-27)14-7-11-17(30-4)12-8-14/h5-12,29H,13H2,1-4H3. The minimum absolute atomic E-state index is 0.00501. The molecule has 1 aliphatic heterocycles. The van der Waals surface area contributed by atoms with Crippen LogP contribution in [-0.2, 0) is 5.41 Å². The van der Waals surface area contributed by atoms with E-state index in [0.29, 0.717) is 11.3 Å². The van der Waals surface area contributed by atoms with Gasteiger partial charge in [0.25, 0.3) is 11.6 Å². The smallest absolute Gasteiger partial charge is 0.438 e. The number of aliphatic hydroxyl groups is 1. The lowest BCUT2D eigenvalue weighted by Gasteiger charge is -2.32. The number of rotatable bonds is 3. The number of benzene rings is 2. The molecule has 5 nitrogen and oxygen atoms in total. The highest BCUT2D eigenvalue weighted by molar-refractivity contribution is 6.05. The van der Waals surface area contributed by atoms with Gasteiger partial charge in [-0.15, -0.1) is 0 Å². The minimum Gasteiger partial charge on any atom is -0.497 e. The quantitative estimate of drug-likeness (QED) is 0.796. The second-order valence-electron chi connectivity index (χ2n) is 8.21. The fourth-order valence-corrected chi connectivity index (χ4v) is 3.16. The van der Waals surface area contributed by atoms with Crippen LogP contribution in [0, 0.1) is 0 Å². The first kappa shape index (κ1) is 21.8. The number of halogens is 3. The van der Waals surface area contributed by atoms with E-state index in [0.717, 1.165) is 5.56 Å². The van der Waals surface area contributed by atoms with Gasteiger partial charge in [-0.3, -0.25) is 4.79 Å². The lowest BCUT2D eigenvalue weighted by molar-refractivity contribution is -0.297. The topological polar surface area (TPSA) is 62.1 Å². The van der Waals surface area contributed by atoms with E-state index in [1.165, 1.54) is 31.4 Å². The molecule has 1 amide bonds. The van der Waals surface area contributed by atoms with Crippen LogP contribution in [0.25, 0.3) is 0 Å². The van der Waals surface area contributed by atoms with Crippen molar-refractivity contribution in [1.82, 2.24) is 5.01 Å². The Hall–Kier alpha value is -2.87. The van der Waals surface area contributed by atoms with Gasteiger partial charge in [-0.05, 0) is 52.9 Å². The molecular weight excluding hydrogens is 397 g/mol. The van der Waals surface area contributed by atoms with Crippen molar-refractivity contribution in [2.24, 2.45) is 5.10 Å². The normalized spacial score (nSPS) is 19.6. The molecule has 0 spiro atoms. The fraction of sp³-hybridized carbons (Fsp3) is 0.364. The van der Waals surface area contributed by atoms with Crippen molar-refractivity contribution < 1.29 is 27.8 Å². The van der Waals surface area contributed by atoms with Gasteiger partial charge in [-0.25, -0.2) is 0 Å². The highest BCUT2D eigenvalue weighted by atomic mass is 19.4. The molecule has 1 aliphatic rings. The molecule has 1 unspecified atom stereocenters. The third-order valence-electron chi connectivity index (χ3n) is 5.05. The molecule has 0 saturated carbocycles. The second kappa shape index (κ2) is 7.43. The summed E-state index contributed by atoms with van der Waals surface area (Å²) in [6.45, 7) is 5.95. The molecule has 2 aromatic carbocycles. The van der Waals surface area contributed by atoms with Gasteiger partial charge < -0.3 is 9.84 Å². The first-order valence-corrected chi connectivity index (χ1v) is 9.33. The summed E-state index contributed by atoms with van der Waals surface area (Å²) in [4.78, 5) is 12.9. The Bertz CT molecular complexity index is 961. The number of hydrogen-bond donors (Lipinski definition) is 1. The van der Waals surface area contributed by atoms with E-state index in [-0.39, 0.29) is 21.7 Å². The Morgan fingerprint density at radius 3 is 2.10 bits per heavy atom. The summed E-state index contributed by atoms with van der Waals surface area (Å²) in [5.74, 6) is -0.505. The lowest BCUT2D eigenvalue weighted by atomic mass is 9.86. The summed E-state index contributed by atoms with van der Waals surface area (Å²) < 4.78 is 46.3.